The zero-order valence-corrected chi connectivity index (χ0v) is 8.01. The van der Waals surface area contributed by atoms with E-state index >= 15 is 0 Å². The maximum Gasteiger partial charge on any atom is 0.0856 e. The van der Waals surface area contributed by atoms with Gasteiger partial charge < -0.3 is 5.11 Å². The molecule has 1 nitrogen and oxygen atoms in total. The van der Waals surface area contributed by atoms with Gasteiger partial charge in [0.25, 0.3) is 0 Å². The van der Waals surface area contributed by atoms with Crippen molar-refractivity contribution in [3.05, 3.63) is 12.2 Å². The van der Waals surface area contributed by atoms with Gasteiger partial charge in [-0.15, -0.1) is 0 Å². The molecular weight excluding hydrogens is 148 g/mol. The summed E-state index contributed by atoms with van der Waals surface area (Å²) in [6, 6.07) is 0. The smallest absolute Gasteiger partial charge is 0.0856 e. The van der Waals surface area contributed by atoms with E-state index in [4.69, 9.17) is 0 Å². The van der Waals surface area contributed by atoms with E-state index in [1.54, 1.807) is 0 Å². The molecule has 0 bridgehead atoms. The molecule has 0 spiro atoms. The Labute approximate surface area is 74.5 Å². The minimum absolute atomic E-state index is 0.307. The fourth-order valence-electron chi connectivity index (χ4n) is 1.98. The molecule has 1 atom stereocenters. The van der Waals surface area contributed by atoms with Gasteiger partial charge in [-0.05, 0) is 37.0 Å². The Hall–Kier alpha value is -0.300. The average molecular weight is 166 g/mol. The highest BCUT2D eigenvalue weighted by atomic mass is 16.3. The lowest BCUT2D eigenvalue weighted by Gasteiger charge is -2.34. The van der Waals surface area contributed by atoms with Crippen molar-refractivity contribution in [1.82, 2.24) is 0 Å². The number of hydrogen-bond acceptors (Lipinski definition) is 1. The van der Waals surface area contributed by atoms with Gasteiger partial charge in [0.15, 0.2) is 0 Å². The zero-order valence-electron chi connectivity index (χ0n) is 8.01. The number of allylic oxidation sites excluding steroid dienone is 1. The second-order valence-electron chi connectivity index (χ2n) is 5.09. The predicted molar refractivity (Wildman–Crippen MR) is 49.8 cm³/mol. The van der Waals surface area contributed by atoms with Gasteiger partial charge in [-0.2, -0.15) is 0 Å². The molecule has 68 valence electrons. The van der Waals surface area contributed by atoms with Crippen LogP contribution in [0.3, 0.4) is 0 Å². The van der Waals surface area contributed by atoms with Crippen LogP contribution in [0.2, 0.25) is 0 Å². The van der Waals surface area contributed by atoms with Gasteiger partial charge in [-0.1, -0.05) is 26.0 Å². The summed E-state index contributed by atoms with van der Waals surface area (Å²) in [6.07, 6.45) is 8.77. The second-order valence-corrected chi connectivity index (χ2v) is 5.09. The van der Waals surface area contributed by atoms with Crippen LogP contribution < -0.4 is 0 Å². The average Bonchev–Trinajstić information content (AvgIpc) is 2.78. The quantitative estimate of drug-likeness (QED) is 0.593. The highest BCUT2D eigenvalue weighted by molar-refractivity contribution is 5.15. The maximum absolute atomic E-state index is 10.2. The van der Waals surface area contributed by atoms with Crippen molar-refractivity contribution in [2.75, 3.05) is 0 Å². The van der Waals surface area contributed by atoms with Gasteiger partial charge in [-0.3, -0.25) is 0 Å². The first-order chi connectivity index (χ1) is 5.52. The lowest BCUT2D eigenvalue weighted by molar-refractivity contribution is 0.0393. The van der Waals surface area contributed by atoms with Crippen LogP contribution >= 0.6 is 0 Å². The van der Waals surface area contributed by atoms with E-state index in [0.29, 0.717) is 11.3 Å². The van der Waals surface area contributed by atoms with Crippen molar-refractivity contribution in [2.45, 2.75) is 45.1 Å². The number of aliphatic hydroxyl groups is 1. The Morgan fingerprint density at radius 3 is 2.25 bits per heavy atom. The Morgan fingerprint density at radius 2 is 1.83 bits per heavy atom. The largest absolute Gasteiger partial charge is 0.386 e. The van der Waals surface area contributed by atoms with Crippen molar-refractivity contribution < 1.29 is 5.11 Å². The second kappa shape index (κ2) is 2.35. The fraction of sp³-hybridized carbons (Fsp3) is 0.818. The van der Waals surface area contributed by atoms with E-state index in [2.05, 4.69) is 19.9 Å². The molecule has 0 aromatic rings. The SMILES string of the molecule is CC1(C)C=CC(O)(C2CC2)CC1. The summed E-state index contributed by atoms with van der Waals surface area (Å²) in [5, 5.41) is 10.2. The van der Waals surface area contributed by atoms with Crippen LogP contribution in [0.4, 0.5) is 0 Å². The molecule has 12 heavy (non-hydrogen) atoms. The van der Waals surface area contributed by atoms with Gasteiger partial charge in [0, 0.05) is 0 Å². The Kier molecular flexibility index (Phi) is 1.63. The van der Waals surface area contributed by atoms with Crippen LogP contribution in [-0.2, 0) is 0 Å². The van der Waals surface area contributed by atoms with E-state index in [9.17, 15) is 5.11 Å². The van der Waals surface area contributed by atoms with Crippen LogP contribution in [0, 0.1) is 11.3 Å². The first kappa shape index (κ1) is 8.31. The number of hydrogen-bond donors (Lipinski definition) is 1. The van der Waals surface area contributed by atoms with Crippen molar-refractivity contribution in [2.24, 2.45) is 11.3 Å². The Morgan fingerprint density at radius 1 is 1.17 bits per heavy atom. The predicted octanol–water partition coefficient (Wildman–Crippen LogP) is 2.50. The van der Waals surface area contributed by atoms with E-state index in [1.165, 1.54) is 12.8 Å². The molecule has 0 aromatic carbocycles. The highest BCUT2D eigenvalue weighted by Gasteiger charge is 2.44. The summed E-state index contributed by atoms with van der Waals surface area (Å²) in [6.45, 7) is 4.46. The first-order valence-electron chi connectivity index (χ1n) is 4.95. The molecule has 1 N–H and O–H groups in total. The third kappa shape index (κ3) is 1.42. The summed E-state index contributed by atoms with van der Waals surface area (Å²) in [5.74, 6) is 0.574. The van der Waals surface area contributed by atoms with Crippen molar-refractivity contribution in [3.8, 4) is 0 Å². The van der Waals surface area contributed by atoms with Crippen LogP contribution in [0.15, 0.2) is 12.2 Å². The zero-order chi connectivity index (χ0) is 8.82. The van der Waals surface area contributed by atoms with Gasteiger partial charge in [0.2, 0.25) is 0 Å². The molecule has 0 radical (unpaired) electrons. The van der Waals surface area contributed by atoms with Gasteiger partial charge in [0.05, 0.1) is 5.60 Å². The molecule has 2 aliphatic carbocycles. The minimum Gasteiger partial charge on any atom is -0.386 e. The summed E-state index contributed by atoms with van der Waals surface area (Å²) >= 11 is 0. The van der Waals surface area contributed by atoms with Gasteiger partial charge in [0.1, 0.15) is 0 Å². The molecule has 0 aliphatic heterocycles. The fourth-order valence-corrected chi connectivity index (χ4v) is 1.98. The molecule has 0 amide bonds. The molecule has 1 fully saturated rings. The molecule has 2 aliphatic rings. The van der Waals surface area contributed by atoms with Crippen molar-refractivity contribution in [3.63, 3.8) is 0 Å². The minimum atomic E-state index is -0.435. The molecule has 1 saturated carbocycles. The molecule has 0 heterocycles. The van der Waals surface area contributed by atoms with Crippen LogP contribution in [-0.4, -0.2) is 10.7 Å². The van der Waals surface area contributed by atoms with E-state index in [0.717, 1.165) is 12.8 Å². The summed E-state index contributed by atoms with van der Waals surface area (Å²) < 4.78 is 0. The lowest BCUT2D eigenvalue weighted by atomic mass is 9.75. The molecular formula is C11H18O. The van der Waals surface area contributed by atoms with Gasteiger partial charge >= 0.3 is 0 Å². The van der Waals surface area contributed by atoms with Crippen LogP contribution in [0.1, 0.15) is 39.5 Å². The molecule has 0 saturated heterocycles. The van der Waals surface area contributed by atoms with Gasteiger partial charge in [-0.25, -0.2) is 0 Å². The normalized spacial score (nSPS) is 39.9. The number of rotatable bonds is 1. The molecule has 2 rings (SSSR count). The summed E-state index contributed by atoms with van der Waals surface area (Å²) in [7, 11) is 0. The van der Waals surface area contributed by atoms with Crippen molar-refractivity contribution >= 4 is 0 Å². The molecule has 0 aromatic heterocycles. The van der Waals surface area contributed by atoms with E-state index in [-0.39, 0.29) is 0 Å². The summed E-state index contributed by atoms with van der Waals surface area (Å²) in [5.41, 5.74) is -0.128. The Balaban J connectivity index is 2.12. The van der Waals surface area contributed by atoms with Crippen molar-refractivity contribution in [1.29, 1.82) is 0 Å². The highest BCUT2D eigenvalue weighted by Crippen LogP contribution is 2.47. The lowest BCUT2D eigenvalue weighted by Crippen LogP contribution is -2.34. The third-order valence-electron chi connectivity index (χ3n) is 3.28. The third-order valence-corrected chi connectivity index (χ3v) is 3.28. The standard InChI is InChI=1S/C11H18O/c1-10(2)5-7-11(12,8-6-10)9-3-4-9/h5,7,9,12H,3-4,6,8H2,1-2H3. The molecule has 1 unspecified atom stereocenters. The topological polar surface area (TPSA) is 20.2 Å². The van der Waals surface area contributed by atoms with E-state index in [1.807, 2.05) is 6.08 Å². The summed E-state index contributed by atoms with van der Waals surface area (Å²) in [4.78, 5) is 0. The monoisotopic (exact) mass is 166 g/mol. The van der Waals surface area contributed by atoms with Crippen LogP contribution in [0.5, 0.6) is 0 Å². The van der Waals surface area contributed by atoms with Crippen LogP contribution in [0.25, 0.3) is 0 Å². The van der Waals surface area contributed by atoms with E-state index < -0.39 is 5.60 Å². The maximum atomic E-state index is 10.2. The Bertz CT molecular complexity index is 213. The molecule has 1 heteroatoms. The first-order valence-corrected chi connectivity index (χ1v) is 4.95.